The van der Waals surface area contributed by atoms with E-state index in [1.54, 1.807) is 13.2 Å². The molecule has 0 saturated carbocycles. The Morgan fingerprint density at radius 2 is 2.30 bits per heavy atom. The number of methoxy groups -OCH3 is 1. The van der Waals surface area contributed by atoms with Crippen LogP contribution < -0.4 is 5.32 Å². The minimum atomic E-state index is -0.0644. The number of urea groups is 1. The lowest BCUT2D eigenvalue weighted by molar-refractivity contribution is 0.0767. The van der Waals surface area contributed by atoms with Crippen molar-refractivity contribution in [3.8, 4) is 0 Å². The fraction of sp³-hybridized carbons (Fsp3) is 0.688. The highest BCUT2D eigenvalue weighted by molar-refractivity contribution is 5.88. The van der Waals surface area contributed by atoms with Crippen LogP contribution in [0.5, 0.6) is 0 Å². The third-order valence-corrected chi connectivity index (χ3v) is 4.78. The smallest absolute Gasteiger partial charge is 0.323 e. The Hall–Kier alpha value is -1.73. The predicted octanol–water partition coefficient (Wildman–Crippen LogP) is 1.71. The van der Waals surface area contributed by atoms with Gasteiger partial charge in [-0.2, -0.15) is 0 Å². The van der Waals surface area contributed by atoms with E-state index in [4.69, 9.17) is 4.74 Å². The van der Waals surface area contributed by atoms with Crippen LogP contribution in [0.1, 0.15) is 31.9 Å². The molecule has 2 aliphatic rings. The first-order valence-corrected chi connectivity index (χ1v) is 8.32. The zero-order chi connectivity index (χ0) is 16.2. The second-order valence-electron chi connectivity index (χ2n) is 6.26. The van der Waals surface area contributed by atoms with Crippen molar-refractivity contribution in [1.29, 1.82) is 0 Å². The highest BCUT2D eigenvalue weighted by Gasteiger charge is 2.37. The molecule has 0 bridgehead atoms. The van der Waals surface area contributed by atoms with Crippen LogP contribution in [0, 0.1) is 0 Å². The number of hydrogen-bond donors (Lipinski definition) is 1. The van der Waals surface area contributed by atoms with Crippen LogP contribution in [-0.2, 0) is 11.3 Å². The summed E-state index contributed by atoms with van der Waals surface area (Å²) in [5.41, 5.74) is 0.755. The molecule has 126 valence electrons. The number of fused-ring (bicyclic) bond motifs is 1. The van der Waals surface area contributed by atoms with Crippen molar-refractivity contribution in [3.63, 3.8) is 0 Å². The van der Waals surface area contributed by atoms with Gasteiger partial charge in [0.1, 0.15) is 12.1 Å². The number of carbonyl (C=O) groups is 1. The van der Waals surface area contributed by atoms with E-state index < -0.39 is 0 Å². The number of nitrogens with zero attached hydrogens (tertiary/aromatic N) is 4. The molecule has 2 aliphatic heterocycles. The number of carbonyl (C=O) groups excluding carboxylic acids is 1. The van der Waals surface area contributed by atoms with E-state index in [9.17, 15) is 4.79 Å². The summed E-state index contributed by atoms with van der Waals surface area (Å²) in [5.74, 6) is 0.528. The average Bonchev–Trinajstić information content (AvgIpc) is 3.01. The van der Waals surface area contributed by atoms with Gasteiger partial charge in [-0.25, -0.2) is 14.8 Å². The van der Waals surface area contributed by atoms with Gasteiger partial charge in [0, 0.05) is 38.3 Å². The minimum Gasteiger partial charge on any atom is -0.378 e. The van der Waals surface area contributed by atoms with Crippen LogP contribution in [-0.4, -0.2) is 64.6 Å². The Morgan fingerprint density at radius 1 is 1.43 bits per heavy atom. The summed E-state index contributed by atoms with van der Waals surface area (Å²) in [7, 11) is 1.62. The van der Waals surface area contributed by atoms with Gasteiger partial charge in [0.25, 0.3) is 0 Å². The SMILES string of the molecule is CC[C@@H]1CN2CCC[C@@H]2CN1C(=O)Nc1cc(COC)ncn1. The van der Waals surface area contributed by atoms with Crippen LogP contribution in [0.2, 0.25) is 0 Å². The molecule has 1 aromatic heterocycles. The van der Waals surface area contributed by atoms with E-state index in [-0.39, 0.29) is 12.1 Å². The molecule has 0 radical (unpaired) electrons. The van der Waals surface area contributed by atoms with Crippen molar-refractivity contribution in [1.82, 2.24) is 19.8 Å². The van der Waals surface area contributed by atoms with E-state index in [0.29, 0.717) is 18.5 Å². The van der Waals surface area contributed by atoms with Gasteiger partial charge in [0.15, 0.2) is 0 Å². The van der Waals surface area contributed by atoms with E-state index >= 15 is 0 Å². The Morgan fingerprint density at radius 3 is 3.09 bits per heavy atom. The summed E-state index contributed by atoms with van der Waals surface area (Å²) in [6.07, 6.45) is 4.85. The number of amides is 2. The maximum Gasteiger partial charge on any atom is 0.323 e. The number of rotatable bonds is 4. The van der Waals surface area contributed by atoms with Crippen molar-refractivity contribution in [3.05, 3.63) is 18.1 Å². The molecule has 0 unspecified atom stereocenters. The quantitative estimate of drug-likeness (QED) is 0.915. The third-order valence-electron chi connectivity index (χ3n) is 4.78. The first kappa shape index (κ1) is 16.1. The summed E-state index contributed by atoms with van der Waals surface area (Å²) in [6.45, 7) is 5.50. The maximum absolute atomic E-state index is 12.7. The first-order chi connectivity index (χ1) is 11.2. The second kappa shape index (κ2) is 7.23. The largest absolute Gasteiger partial charge is 0.378 e. The lowest BCUT2D eigenvalue weighted by atomic mass is 10.1. The molecule has 3 heterocycles. The Balaban J connectivity index is 1.67. The van der Waals surface area contributed by atoms with Crippen LogP contribution in [0.25, 0.3) is 0 Å². The summed E-state index contributed by atoms with van der Waals surface area (Å²) in [6, 6.07) is 2.47. The maximum atomic E-state index is 12.7. The highest BCUT2D eigenvalue weighted by atomic mass is 16.5. The molecule has 1 aromatic rings. The summed E-state index contributed by atoms with van der Waals surface area (Å²) < 4.78 is 5.07. The zero-order valence-electron chi connectivity index (χ0n) is 13.9. The first-order valence-electron chi connectivity index (χ1n) is 8.32. The van der Waals surface area contributed by atoms with Crippen molar-refractivity contribution < 1.29 is 9.53 Å². The lowest BCUT2D eigenvalue weighted by Gasteiger charge is -2.43. The van der Waals surface area contributed by atoms with E-state index in [0.717, 1.165) is 25.2 Å². The van der Waals surface area contributed by atoms with Crippen LogP contribution in [0.4, 0.5) is 10.6 Å². The lowest BCUT2D eigenvalue weighted by Crippen LogP contribution is -2.58. The number of piperazine rings is 1. The zero-order valence-corrected chi connectivity index (χ0v) is 13.9. The van der Waals surface area contributed by atoms with Gasteiger partial charge in [-0.3, -0.25) is 10.2 Å². The molecule has 7 nitrogen and oxygen atoms in total. The van der Waals surface area contributed by atoms with Crippen molar-refractivity contribution in [2.24, 2.45) is 0 Å². The highest BCUT2D eigenvalue weighted by Crippen LogP contribution is 2.26. The third kappa shape index (κ3) is 3.61. The molecule has 0 spiro atoms. The fourth-order valence-electron chi connectivity index (χ4n) is 3.56. The van der Waals surface area contributed by atoms with Crippen molar-refractivity contribution in [2.75, 3.05) is 32.1 Å². The molecule has 2 amide bonds. The summed E-state index contributed by atoms with van der Waals surface area (Å²) >= 11 is 0. The summed E-state index contributed by atoms with van der Waals surface area (Å²) in [4.78, 5) is 25.5. The fourth-order valence-corrected chi connectivity index (χ4v) is 3.56. The van der Waals surface area contributed by atoms with Crippen LogP contribution in [0.15, 0.2) is 12.4 Å². The van der Waals surface area contributed by atoms with Gasteiger partial charge in [-0.1, -0.05) is 6.92 Å². The number of anilines is 1. The van der Waals surface area contributed by atoms with E-state index in [1.165, 1.54) is 25.7 Å². The second-order valence-corrected chi connectivity index (χ2v) is 6.26. The van der Waals surface area contributed by atoms with Gasteiger partial charge in [0.05, 0.1) is 12.3 Å². The molecule has 2 saturated heterocycles. The van der Waals surface area contributed by atoms with Gasteiger partial charge in [0.2, 0.25) is 0 Å². The Bertz CT molecular complexity index is 553. The molecule has 1 N–H and O–H groups in total. The predicted molar refractivity (Wildman–Crippen MR) is 87.1 cm³/mol. The Labute approximate surface area is 137 Å². The number of ether oxygens (including phenoxy) is 1. The summed E-state index contributed by atoms with van der Waals surface area (Å²) in [5, 5.41) is 2.92. The molecule has 7 heteroatoms. The van der Waals surface area contributed by atoms with Crippen molar-refractivity contribution in [2.45, 2.75) is 44.9 Å². The molecular formula is C16H25N5O2. The van der Waals surface area contributed by atoms with Gasteiger partial charge < -0.3 is 9.64 Å². The number of nitrogens with one attached hydrogen (secondary N) is 1. The Kier molecular flexibility index (Phi) is 5.07. The minimum absolute atomic E-state index is 0.0644. The molecule has 2 fully saturated rings. The number of hydrogen-bond acceptors (Lipinski definition) is 5. The van der Waals surface area contributed by atoms with Crippen LogP contribution >= 0.6 is 0 Å². The molecular weight excluding hydrogens is 294 g/mol. The molecule has 0 aromatic carbocycles. The normalized spacial score (nSPS) is 24.5. The van der Waals surface area contributed by atoms with Gasteiger partial charge in [-0.15, -0.1) is 0 Å². The molecule has 2 atom stereocenters. The molecule has 23 heavy (non-hydrogen) atoms. The van der Waals surface area contributed by atoms with Gasteiger partial charge in [-0.05, 0) is 25.8 Å². The molecule has 0 aliphatic carbocycles. The number of aromatic nitrogens is 2. The average molecular weight is 319 g/mol. The van der Waals surface area contributed by atoms with E-state index in [1.807, 2.05) is 4.90 Å². The topological polar surface area (TPSA) is 70.6 Å². The monoisotopic (exact) mass is 319 g/mol. The van der Waals surface area contributed by atoms with E-state index in [2.05, 4.69) is 27.1 Å². The molecule has 3 rings (SSSR count). The van der Waals surface area contributed by atoms with Gasteiger partial charge >= 0.3 is 6.03 Å². The standard InChI is InChI=1S/C16H25N5O2/c1-3-13-8-20-6-4-5-14(20)9-21(13)16(22)19-15-7-12(10-23-2)17-11-18-15/h7,11,13-14H,3-6,8-10H2,1-2H3,(H,17,18,19,22)/t13-,14-/m1/s1. The van der Waals surface area contributed by atoms with Crippen molar-refractivity contribution >= 4 is 11.8 Å². The van der Waals surface area contributed by atoms with Crippen LogP contribution in [0.3, 0.4) is 0 Å².